The summed E-state index contributed by atoms with van der Waals surface area (Å²) in [4.78, 5) is 6.14. The third-order valence-corrected chi connectivity index (χ3v) is 2.61. The largest absolute Gasteiger partial charge is 0.395 e. The lowest BCUT2D eigenvalue weighted by molar-refractivity contribution is 0.301. The highest BCUT2D eigenvalue weighted by Gasteiger charge is 2.05. The SMILES string of the molecule is OCCN(Cc1ccccc1)c1ccncc1. The molecule has 0 radical (unpaired) electrons. The van der Waals surface area contributed by atoms with Crippen LogP contribution in [0.5, 0.6) is 0 Å². The summed E-state index contributed by atoms with van der Waals surface area (Å²) in [6, 6.07) is 14.2. The van der Waals surface area contributed by atoms with Gasteiger partial charge in [0.1, 0.15) is 0 Å². The van der Waals surface area contributed by atoms with E-state index >= 15 is 0 Å². The van der Waals surface area contributed by atoms with E-state index in [0.717, 1.165) is 12.2 Å². The fourth-order valence-electron chi connectivity index (χ4n) is 1.78. The molecular formula is C14H16N2O. The third kappa shape index (κ3) is 3.29. The van der Waals surface area contributed by atoms with E-state index in [1.54, 1.807) is 12.4 Å². The first-order chi connectivity index (χ1) is 8.40. The number of benzene rings is 1. The zero-order valence-corrected chi connectivity index (χ0v) is 9.66. The maximum absolute atomic E-state index is 9.12. The van der Waals surface area contributed by atoms with Crippen molar-refractivity contribution in [2.45, 2.75) is 6.54 Å². The van der Waals surface area contributed by atoms with Gasteiger partial charge < -0.3 is 10.0 Å². The van der Waals surface area contributed by atoms with Crippen LogP contribution < -0.4 is 4.90 Å². The minimum Gasteiger partial charge on any atom is -0.395 e. The summed E-state index contributed by atoms with van der Waals surface area (Å²) >= 11 is 0. The van der Waals surface area contributed by atoms with Crippen LogP contribution in [0.25, 0.3) is 0 Å². The Morgan fingerprint density at radius 3 is 2.35 bits per heavy atom. The number of pyridine rings is 1. The molecule has 0 saturated carbocycles. The van der Waals surface area contributed by atoms with E-state index < -0.39 is 0 Å². The van der Waals surface area contributed by atoms with E-state index in [1.165, 1.54) is 5.56 Å². The number of aliphatic hydroxyl groups is 1. The van der Waals surface area contributed by atoms with Crippen LogP contribution in [-0.4, -0.2) is 23.2 Å². The zero-order valence-electron chi connectivity index (χ0n) is 9.66. The van der Waals surface area contributed by atoms with Gasteiger partial charge in [-0.1, -0.05) is 30.3 Å². The summed E-state index contributed by atoms with van der Waals surface area (Å²) in [5.74, 6) is 0. The van der Waals surface area contributed by atoms with Crippen LogP contribution >= 0.6 is 0 Å². The Labute approximate surface area is 101 Å². The van der Waals surface area contributed by atoms with Crippen molar-refractivity contribution in [3.63, 3.8) is 0 Å². The molecule has 3 heteroatoms. The van der Waals surface area contributed by atoms with Gasteiger partial charge in [0.15, 0.2) is 0 Å². The van der Waals surface area contributed by atoms with Crippen LogP contribution in [0.2, 0.25) is 0 Å². The van der Waals surface area contributed by atoms with Crippen molar-refractivity contribution in [2.24, 2.45) is 0 Å². The summed E-state index contributed by atoms with van der Waals surface area (Å²) in [5.41, 5.74) is 2.32. The van der Waals surface area contributed by atoms with Gasteiger partial charge in [-0.05, 0) is 17.7 Å². The molecule has 0 saturated heterocycles. The summed E-state index contributed by atoms with van der Waals surface area (Å²) < 4.78 is 0. The van der Waals surface area contributed by atoms with Crippen molar-refractivity contribution in [1.82, 2.24) is 4.98 Å². The average Bonchev–Trinajstić information content (AvgIpc) is 2.40. The minimum absolute atomic E-state index is 0.148. The summed E-state index contributed by atoms with van der Waals surface area (Å²) in [7, 11) is 0. The molecule has 1 aromatic heterocycles. The van der Waals surface area contributed by atoms with Crippen molar-refractivity contribution < 1.29 is 5.11 Å². The topological polar surface area (TPSA) is 36.4 Å². The Hall–Kier alpha value is -1.87. The van der Waals surface area contributed by atoms with Gasteiger partial charge in [-0.15, -0.1) is 0 Å². The van der Waals surface area contributed by atoms with E-state index in [4.69, 9.17) is 5.11 Å². The van der Waals surface area contributed by atoms with Crippen LogP contribution in [0.3, 0.4) is 0 Å². The molecule has 0 fully saturated rings. The highest BCUT2D eigenvalue weighted by molar-refractivity contribution is 5.45. The molecule has 2 rings (SSSR count). The van der Waals surface area contributed by atoms with Gasteiger partial charge in [-0.3, -0.25) is 4.98 Å². The molecule has 3 nitrogen and oxygen atoms in total. The average molecular weight is 228 g/mol. The molecule has 88 valence electrons. The zero-order chi connectivity index (χ0) is 11.9. The van der Waals surface area contributed by atoms with Crippen LogP contribution in [-0.2, 0) is 6.54 Å². The van der Waals surface area contributed by atoms with Crippen LogP contribution in [0.4, 0.5) is 5.69 Å². The second-order valence-electron chi connectivity index (χ2n) is 3.84. The number of hydrogen-bond donors (Lipinski definition) is 1. The van der Waals surface area contributed by atoms with Gasteiger partial charge in [0.25, 0.3) is 0 Å². The van der Waals surface area contributed by atoms with Crippen molar-refractivity contribution in [1.29, 1.82) is 0 Å². The predicted molar refractivity (Wildman–Crippen MR) is 68.8 cm³/mol. The third-order valence-electron chi connectivity index (χ3n) is 2.61. The lowest BCUT2D eigenvalue weighted by atomic mass is 10.2. The number of aliphatic hydroxyl groups excluding tert-OH is 1. The van der Waals surface area contributed by atoms with Gasteiger partial charge in [-0.2, -0.15) is 0 Å². The molecule has 1 N–H and O–H groups in total. The van der Waals surface area contributed by atoms with Gasteiger partial charge in [0, 0.05) is 31.2 Å². The molecule has 0 unspecified atom stereocenters. The Morgan fingerprint density at radius 1 is 1.00 bits per heavy atom. The Bertz CT molecular complexity index is 430. The first kappa shape index (κ1) is 11.6. The van der Waals surface area contributed by atoms with Crippen molar-refractivity contribution in [2.75, 3.05) is 18.1 Å². The number of nitrogens with zero attached hydrogens (tertiary/aromatic N) is 2. The quantitative estimate of drug-likeness (QED) is 0.851. The summed E-state index contributed by atoms with van der Waals surface area (Å²) in [5, 5.41) is 9.12. The molecule has 17 heavy (non-hydrogen) atoms. The molecule has 0 amide bonds. The van der Waals surface area contributed by atoms with Gasteiger partial charge in [-0.25, -0.2) is 0 Å². The molecule has 1 heterocycles. The molecule has 0 atom stereocenters. The maximum Gasteiger partial charge on any atom is 0.0606 e. The smallest absolute Gasteiger partial charge is 0.0606 e. The van der Waals surface area contributed by atoms with Crippen molar-refractivity contribution in [3.05, 3.63) is 60.4 Å². The monoisotopic (exact) mass is 228 g/mol. The molecule has 0 aliphatic carbocycles. The summed E-state index contributed by atoms with van der Waals surface area (Å²) in [6.45, 7) is 1.57. The number of anilines is 1. The number of aromatic nitrogens is 1. The van der Waals surface area contributed by atoms with Crippen LogP contribution in [0, 0.1) is 0 Å². The maximum atomic E-state index is 9.12. The molecule has 0 aliphatic rings. The lowest BCUT2D eigenvalue weighted by Gasteiger charge is -2.23. The number of rotatable bonds is 5. The predicted octanol–water partition coefficient (Wildman–Crippen LogP) is 2.08. The highest BCUT2D eigenvalue weighted by atomic mass is 16.3. The molecule has 0 aliphatic heterocycles. The second kappa shape index (κ2) is 6.01. The molecule has 0 bridgehead atoms. The van der Waals surface area contributed by atoms with E-state index in [2.05, 4.69) is 22.0 Å². The Morgan fingerprint density at radius 2 is 1.71 bits per heavy atom. The van der Waals surface area contributed by atoms with E-state index in [-0.39, 0.29) is 6.61 Å². The van der Waals surface area contributed by atoms with E-state index in [0.29, 0.717) is 6.54 Å². The van der Waals surface area contributed by atoms with Crippen molar-refractivity contribution >= 4 is 5.69 Å². The molecule has 2 aromatic rings. The second-order valence-corrected chi connectivity index (χ2v) is 3.84. The van der Waals surface area contributed by atoms with Crippen molar-refractivity contribution in [3.8, 4) is 0 Å². The standard InChI is InChI=1S/C14H16N2O/c17-11-10-16(14-6-8-15-9-7-14)12-13-4-2-1-3-5-13/h1-9,17H,10-12H2. The normalized spacial score (nSPS) is 10.2. The number of hydrogen-bond acceptors (Lipinski definition) is 3. The highest BCUT2D eigenvalue weighted by Crippen LogP contribution is 2.15. The van der Waals surface area contributed by atoms with E-state index in [1.807, 2.05) is 30.3 Å². The van der Waals surface area contributed by atoms with E-state index in [9.17, 15) is 0 Å². The van der Waals surface area contributed by atoms with Gasteiger partial charge in [0.2, 0.25) is 0 Å². The first-order valence-electron chi connectivity index (χ1n) is 5.70. The fourth-order valence-corrected chi connectivity index (χ4v) is 1.78. The fraction of sp³-hybridized carbons (Fsp3) is 0.214. The Kier molecular flexibility index (Phi) is 4.11. The minimum atomic E-state index is 0.148. The van der Waals surface area contributed by atoms with Crippen LogP contribution in [0.15, 0.2) is 54.9 Å². The molecule has 0 spiro atoms. The summed E-state index contributed by atoms with van der Waals surface area (Å²) in [6.07, 6.45) is 3.54. The van der Waals surface area contributed by atoms with Gasteiger partial charge >= 0.3 is 0 Å². The van der Waals surface area contributed by atoms with Crippen LogP contribution in [0.1, 0.15) is 5.56 Å². The first-order valence-corrected chi connectivity index (χ1v) is 5.70. The molecule has 1 aromatic carbocycles. The Balaban J connectivity index is 2.13. The lowest BCUT2D eigenvalue weighted by Crippen LogP contribution is -2.25. The molecular weight excluding hydrogens is 212 g/mol. The van der Waals surface area contributed by atoms with Gasteiger partial charge in [0.05, 0.1) is 6.61 Å².